The van der Waals surface area contributed by atoms with Crippen LogP contribution < -0.4 is 15.0 Å². The standard InChI is InChI=1S/C32H38F3N5O/c1-4-39-12-14-40(15-13-39)28-10-8-22(17-27(28)34)38-32-25(19-36)31(21(3)6-5-11-37-32)41-29-18-26(33)23-9-7-20(2)16-24(23)30(29)35/h8,10,17-18,20-21H,4-7,9,11-16H2,1-3H3,(H,37,38). The van der Waals surface area contributed by atoms with Crippen molar-refractivity contribution < 1.29 is 17.9 Å². The van der Waals surface area contributed by atoms with Crippen molar-refractivity contribution in [3.05, 3.63) is 64.2 Å². The van der Waals surface area contributed by atoms with Gasteiger partial charge in [0.2, 0.25) is 0 Å². The lowest BCUT2D eigenvalue weighted by molar-refractivity contribution is 0.270. The zero-order chi connectivity index (χ0) is 29.1. The second kappa shape index (κ2) is 12.6. The fraction of sp³-hybridized carbons (Fsp3) is 0.500. The maximum atomic E-state index is 15.6. The zero-order valence-corrected chi connectivity index (χ0v) is 24.1. The second-order valence-corrected chi connectivity index (χ2v) is 11.4. The van der Waals surface area contributed by atoms with Crippen molar-refractivity contribution >= 4 is 17.2 Å². The minimum absolute atomic E-state index is 0.100. The first-order valence-electron chi connectivity index (χ1n) is 14.7. The van der Waals surface area contributed by atoms with Crippen LogP contribution in [0.2, 0.25) is 0 Å². The van der Waals surface area contributed by atoms with Gasteiger partial charge in [-0.05, 0) is 73.9 Å². The van der Waals surface area contributed by atoms with Crippen molar-refractivity contribution in [2.75, 3.05) is 49.5 Å². The van der Waals surface area contributed by atoms with Gasteiger partial charge in [0.15, 0.2) is 11.6 Å². The zero-order valence-electron chi connectivity index (χ0n) is 24.1. The molecule has 0 bridgehead atoms. The van der Waals surface area contributed by atoms with E-state index in [9.17, 15) is 5.26 Å². The molecule has 1 saturated heterocycles. The number of nitriles is 1. The molecule has 41 heavy (non-hydrogen) atoms. The monoisotopic (exact) mass is 565 g/mol. The van der Waals surface area contributed by atoms with Gasteiger partial charge in [-0.2, -0.15) is 5.26 Å². The number of ether oxygens (including phenoxy) is 1. The third kappa shape index (κ3) is 6.23. The maximum Gasteiger partial charge on any atom is 0.169 e. The van der Waals surface area contributed by atoms with Crippen LogP contribution in [-0.2, 0) is 12.8 Å². The van der Waals surface area contributed by atoms with Gasteiger partial charge >= 0.3 is 0 Å². The molecule has 2 aromatic carbocycles. The van der Waals surface area contributed by atoms with Crippen LogP contribution in [0, 0.1) is 40.6 Å². The molecule has 1 N–H and O–H groups in total. The van der Waals surface area contributed by atoms with Gasteiger partial charge in [0, 0.05) is 50.4 Å². The summed E-state index contributed by atoms with van der Waals surface area (Å²) >= 11 is 0. The van der Waals surface area contributed by atoms with E-state index in [1.165, 1.54) is 6.07 Å². The van der Waals surface area contributed by atoms with Crippen molar-refractivity contribution in [2.24, 2.45) is 16.8 Å². The van der Waals surface area contributed by atoms with E-state index < -0.39 is 11.6 Å². The molecule has 2 aliphatic heterocycles. The lowest BCUT2D eigenvalue weighted by Crippen LogP contribution is -2.46. The van der Waals surface area contributed by atoms with E-state index in [-0.39, 0.29) is 40.6 Å². The van der Waals surface area contributed by atoms with E-state index in [2.05, 4.69) is 28.2 Å². The average molecular weight is 566 g/mol. The average Bonchev–Trinajstić information content (AvgIpc) is 2.96. The molecule has 9 heteroatoms. The Morgan fingerprint density at radius 3 is 2.54 bits per heavy atom. The van der Waals surface area contributed by atoms with Gasteiger partial charge in [0.05, 0.1) is 5.69 Å². The molecule has 3 aliphatic rings. The summed E-state index contributed by atoms with van der Waals surface area (Å²) in [6, 6.07) is 8.18. The summed E-state index contributed by atoms with van der Waals surface area (Å²) in [7, 11) is 0. The number of nitrogens with one attached hydrogen (secondary N) is 1. The summed E-state index contributed by atoms with van der Waals surface area (Å²) in [5.74, 6) is -1.18. The first-order chi connectivity index (χ1) is 19.8. The number of rotatable bonds is 5. The van der Waals surface area contributed by atoms with Gasteiger partial charge in [-0.3, -0.25) is 4.99 Å². The SMILES string of the molecule is CCN1CCN(c2ccc(NC3=NCCCC(C)C(Oc4cc(F)c5c(c4F)CC(C)CC5)=C3C#N)cc2F)CC1. The highest BCUT2D eigenvalue weighted by Gasteiger charge is 2.29. The van der Waals surface area contributed by atoms with Crippen LogP contribution in [0.15, 0.2) is 40.6 Å². The fourth-order valence-corrected chi connectivity index (χ4v) is 6.01. The van der Waals surface area contributed by atoms with Crippen LogP contribution in [0.5, 0.6) is 5.75 Å². The van der Waals surface area contributed by atoms with Crippen molar-refractivity contribution in [2.45, 2.75) is 52.9 Å². The summed E-state index contributed by atoms with van der Waals surface area (Å²) < 4.78 is 52.0. The number of aliphatic imine (C=N–C) groups is 1. The summed E-state index contributed by atoms with van der Waals surface area (Å²) in [6.45, 7) is 10.8. The molecule has 0 radical (unpaired) electrons. The topological polar surface area (TPSA) is 63.9 Å². The number of amidine groups is 1. The minimum Gasteiger partial charge on any atom is -0.457 e. The molecule has 0 spiro atoms. The second-order valence-electron chi connectivity index (χ2n) is 11.4. The van der Waals surface area contributed by atoms with Gasteiger partial charge in [-0.25, -0.2) is 13.2 Å². The molecule has 218 valence electrons. The van der Waals surface area contributed by atoms with Gasteiger partial charge in [0.1, 0.15) is 34.9 Å². The summed E-state index contributed by atoms with van der Waals surface area (Å²) in [5, 5.41) is 13.3. The van der Waals surface area contributed by atoms with Crippen molar-refractivity contribution in [3.8, 4) is 11.8 Å². The number of piperazine rings is 1. The van der Waals surface area contributed by atoms with E-state index in [1.54, 1.807) is 12.1 Å². The lowest BCUT2D eigenvalue weighted by Gasteiger charge is -2.35. The molecular formula is C32H38F3N5O. The molecule has 0 amide bonds. The quantitative estimate of drug-likeness (QED) is 0.450. The van der Waals surface area contributed by atoms with E-state index in [1.807, 2.05) is 18.7 Å². The minimum atomic E-state index is -0.573. The van der Waals surface area contributed by atoms with Crippen LogP contribution in [0.1, 0.15) is 51.2 Å². The van der Waals surface area contributed by atoms with E-state index in [4.69, 9.17) is 4.74 Å². The Labute approximate surface area is 240 Å². The fourth-order valence-electron chi connectivity index (χ4n) is 6.01. The molecule has 5 rings (SSSR count). The summed E-state index contributed by atoms with van der Waals surface area (Å²) in [4.78, 5) is 8.95. The third-order valence-corrected chi connectivity index (χ3v) is 8.53. The number of hydrogen-bond acceptors (Lipinski definition) is 6. The maximum absolute atomic E-state index is 15.6. The van der Waals surface area contributed by atoms with Crippen molar-refractivity contribution in [3.63, 3.8) is 0 Å². The molecule has 2 unspecified atom stereocenters. The lowest BCUT2D eigenvalue weighted by atomic mass is 9.84. The first-order valence-corrected chi connectivity index (χ1v) is 14.7. The van der Waals surface area contributed by atoms with E-state index >= 15 is 13.2 Å². The Bertz CT molecular complexity index is 1390. The van der Waals surface area contributed by atoms with Gasteiger partial charge in [-0.1, -0.05) is 20.8 Å². The number of halogens is 3. The summed E-state index contributed by atoms with van der Waals surface area (Å²) in [6.07, 6.45) is 3.13. The van der Waals surface area contributed by atoms with Gasteiger partial charge in [-0.15, -0.1) is 0 Å². The number of nitrogens with zero attached hydrogens (tertiary/aromatic N) is 4. The smallest absolute Gasteiger partial charge is 0.169 e. The molecule has 2 atom stereocenters. The number of hydrogen-bond donors (Lipinski definition) is 1. The van der Waals surface area contributed by atoms with Crippen LogP contribution in [0.25, 0.3) is 0 Å². The van der Waals surface area contributed by atoms with Gasteiger partial charge in [0.25, 0.3) is 0 Å². The molecule has 1 fully saturated rings. The number of likely N-dealkylation sites (N-methyl/N-ethyl adjacent to an activating group) is 1. The van der Waals surface area contributed by atoms with Crippen molar-refractivity contribution in [1.82, 2.24) is 4.90 Å². The van der Waals surface area contributed by atoms with E-state index in [0.29, 0.717) is 54.7 Å². The number of fused-ring (bicyclic) bond motifs is 1. The Balaban J connectivity index is 1.43. The number of benzene rings is 2. The Kier molecular flexibility index (Phi) is 8.88. The van der Waals surface area contributed by atoms with Crippen LogP contribution in [0.4, 0.5) is 24.5 Å². The largest absolute Gasteiger partial charge is 0.457 e. The molecule has 2 heterocycles. The first kappa shape index (κ1) is 29.0. The summed E-state index contributed by atoms with van der Waals surface area (Å²) in [5.41, 5.74) is 1.85. The van der Waals surface area contributed by atoms with Gasteiger partial charge < -0.3 is 19.9 Å². The van der Waals surface area contributed by atoms with Crippen LogP contribution in [-0.4, -0.2) is 50.0 Å². The number of anilines is 2. The highest BCUT2D eigenvalue weighted by Crippen LogP contribution is 2.37. The Morgan fingerprint density at radius 1 is 1.05 bits per heavy atom. The highest BCUT2D eigenvalue weighted by molar-refractivity contribution is 6.11. The van der Waals surface area contributed by atoms with E-state index in [0.717, 1.165) is 45.2 Å². The molecule has 0 aromatic heterocycles. The Morgan fingerprint density at radius 2 is 1.83 bits per heavy atom. The van der Waals surface area contributed by atoms with Crippen molar-refractivity contribution in [1.29, 1.82) is 5.26 Å². The Hall–Kier alpha value is -3.51. The number of allylic oxidation sites excluding steroid dienone is 1. The van der Waals surface area contributed by atoms with Crippen LogP contribution >= 0.6 is 0 Å². The predicted molar refractivity (Wildman–Crippen MR) is 156 cm³/mol. The van der Waals surface area contributed by atoms with Crippen LogP contribution in [0.3, 0.4) is 0 Å². The third-order valence-electron chi connectivity index (χ3n) is 8.53. The predicted octanol–water partition coefficient (Wildman–Crippen LogP) is 6.47. The molecule has 1 aliphatic carbocycles. The molecule has 2 aromatic rings. The molecule has 6 nitrogen and oxygen atoms in total. The normalized spacial score (nSPS) is 21.9. The molecule has 0 saturated carbocycles. The molecular weight excluding hydrogens is 527 g/mol. The highest BCUT2D eigenvalue weighted by atomic mass is 19.1.